The second-order valence-electron chi connectivity index (χ2n) is 8.29. The van der Waals surface area contributed by atoms with E-state index in [9.17, 15) is 21.6 Å². The molecule has 1 amide bonds. The number of ether oxygens (including phenoxy) is 1. The summed E-state index contributed by atoms with van der Waals surface area (Å²) in [4.78, 5) is 12.7. The number of anilines is 1. The Morgan fingerprint density at radius 1 is 1.00 bits per heavy atom. The summed E-state index contributed by atoms with van der Waals surface area (Å²) >= 11 is 0. The largest absolute Gasteiger partial charge is 0.492 e. The van der Waals surface area contributed by atoms with Gasteiger partial charge in [-0.15, -0.1) is 0 Å². The van der Waals surface area contributed by atoms with Crippen molar-refractivity contribution in [3.63, 3.8) is 0 Å². The Labute approximate surface area is 201 Å². The highest BCUT2D eigenvalue weighted by Gasteiger charge is 2.27. The van der Waals surface area contributed by atoms with Crippen molar-refractivity contribution in [1.29, 1.82) is 0 Å². The number of rotatable bonds is 10. The number of carbonyl (C=O) groups is 1. The molecule has 11 heteroatoms. The molecule has 186 valence electrons. The van der Waals surface area contributed by atoms with Gasteiger partial charge in [0.05, 0.1) is 23.4 Å². The van der Waals surface area contributed by atoms with Crippen molar-refractivity contribution in [2.45, 2.75) is 31.6 Å². The predicted octanol–water partition coefficient (Wildman–Crippen LogP) is 2.05. The number of hydrogen-bond donors (Lipinski definition) is 1. The summed E-state index contributed by atoms with van der Waals surface area (Å²) in [5.41, 5.74) is 2.02. The Bertz CT molecular complexity index is 1200. The molecular weight excluding hydrogens is 478 g/mol. The molecule has 1 heterocycles. The summed E-state index contributed by atoms with van der Waals surface area (Å²) in [7, 11) is -7.14. The Hall–Kier alpha value is -2.63. The molecule has 0 radical (unpaired) electrons. The molecule has 34 heavy (non-hydrogen) atoms. The van der Waals surface area contributed by atoms with Crippen LogP contribution in [0.5, 0.6) is 5.75 Å². The van der Waals surface area contributed by atoms with Crippen LogP contribution in [0.2, 0.25) is 0 Å². The number of hydrogen-bond acceptors (Lipinski definition) is 6. The number of benzene rings is 2. The number of nitrogens with one attached hydrogen (secondary N) is 1. The van der Waals surface area contributed by atoms with Crippen molar-refractivity contribution in [2.75, 3.05) is 43.3 Å². The average molecular weight is 510 g/mol. The third-order valence-corrected chi connectivity index (χ3v) is 8.62. The van der Waals surface area contributed by atoms with Crippen molar-refractivity contribution in [2.24, 2.45) is 0 Å². The fourth-order valence-corrected chi connectivity index (χ4v) is 6.38. The third-order valence-electron chi connectivity index (χ3n) is 5.60. The first kappa shape index (κ1) is 26.0. The summed E-state index contributed by atoms with van der Waals surface area (Å²) in [6, 6.07) is 11.6. The molecule has 2 aromatic carbocycles. The second-order valence-corrected chi connectivity index (χ2v) is 12.1. The lowest BCUT2D eigenvalue weighted by atomic mass is 10.1. The Morgan fingerprint density at radius 3 is 2.15 bits per heavy atom. The van der Waals surface area contributed by atoms with E-state index in [1.54, 1.807) is 38.1 Å². The van der Waals surface area contributed by atoms with Gasteiger partial charge in [-0.1, -0.05) is 18.2 Å². The van der Waals surface area contributed by atoms with E-state index in [0.717, 1.165) is 34.5 Å². The van der Waals surface area contributed by atoms with E-state index in [0.29, 0.717) is 24.5 Å². The van der Waals surface area contributed by atoms with Gasteiger partial charge in [0.1, 0.15) is 18.9 Å². The van der Waals surface area contributed by atoms with Gasteiger partial charge in [-0.3, -0.25) is 9.10 Å². The highest BCUT2D eigenvalue weighted by Crippen LogP contribution is 2.26. The molecule has 0 saturated carbocycles. The van der Waals surface area contributed by atoms with Gasteiger partial charge in [-0.2, -0.15) is 4.31 Å². The summed E-state index contributed by atoms with van der Waals surface area (Å²) in [5, 5.41) is 2.66. The number of para-hydroxylation sites is 1. The van der Waals surface area contributed by atoms with E-state index in [1.807, 2.05) is 6.07 Å². The fraction of sp³-hybridized carbons (Fsp3) is 0.435. The van der Waals surface area contributed by atoms with Gasteiger partial charge in [0.15, 0.2) is 0 Å². The van der Waals surface area contributed by atoms with Gasteiger partial charge in [-0.25, -0.2) is 16.8 Å². The maximum Gasteiger partial charge on any atom is 0.243 e. The first-order valence-electron chi connectivity index (χ1n) is 11.0. The summed E-state index contributed by atoms with van der Waals surface area (Å²) in [5.74, 6) is 0.0200. The zero-order chi connectivity index (χ0) is 24.9. The van der Waals surface area contributed by atoms with Crippen molar-refractivity contribution >= 4 is 31.6 Å². The van der Waals surface area contributed by atoms with E-state index in [2.05, 4.69) is 5.32 Å². The topological polar surface area (TPSA) is 113 Å². The van der Waals surface area contributed by atoms with Crippen LogP contribution in [0.3, 0.4) is 0 Å². The zero-order valence-electron chi connectivity index (χ0n) is 19.7. The van der Waals surface area contributed by atoms with Gasteiger partial charge in [0, 0.05) is 13.1 Å². The Balaban J connectivity index is 1.53. The zero-order valence-corrected chi connectivity index (χ0v) is 21.3. The highest BCUT2D eigenvalue weighted by atomic mass is 32.2. The van der Waals surface area contributed by atoms with Crippen LogP contribution in [0.1, 0.15) is 24.0 Å². The van der Waals surface area contributed by atoms with Gasteiger partial charge in [0.25, 0.3) is 0 Å². The normalized spacial score (nSPS) is 14.7. The van der Waals surface area contributed by atoms with Crippen LogP contribution in [0.4, 0.5) is 5.69 Å². The van der Waals surface area contributed by atoms with Crippen molar-refractivity contribution in [3.8, 4) is 5.75 Å². The van der Waals surface area contributed by atoms with Gasteiger partial charge in [-0.05, 0) is 62.1 Å². The molecule has 2 aromatic rings. The lowest BCUT2D eigenvalue weighted by Crippen LogP contribution is -2.42. The lowest BCUT2D eigenvalue weighted by Gasteiger charge is -2.25. The highest BCUT2D eigenvalue weighted by molar-refractivity contribution is 7.92. The van der Waals surface area contributed by atoms with Crippen LogP contribution in [-0.2, 0) is 24.8 Å². The molecule has 0 atom stereocenters. The molecule has 0 unspecified atom stereocenters. The molecule has 3 rings (SSSR count). The molecule has 1 saturated heterocycles. The molecule has 0 bridgehead atoms. The van der Waals surface area contributed by atoms with Crippen LogP contribution >= 0.6 is 0 Å². The van der Waals surface area contributed by atoms with E-state index < -0.39 is 26.0 Å². The van der Waals surface area contributed by atoms with Crippen molar-refractivity contribution < 1.29 is 26.4 Å². The van der Waals surface area contributed by atoms with Crippen LogP contribution in [0, 0.1) is 13.8 Å². The summed E-state index contributed by atoms with van der Waals surface area (Å²) in [6.45, 7) is 4.65. The number of sulfonamides is 2. The average Bonchev–Trinajstić information content (AvgIpc) is 3.31. The summed E-state index contributed by atoms with van der Waals surface area (Å²) < 4.78 is 58.0. The molecule has 0 aromatic heterocycles. The maximum absolute atomic E-state index is 12.6. The predicted molar refractivity (Wildman–Crippen MR) is 131 cm³/mol. The molecule has 0 aliphatic carbocycles. The fourth-order valence-electron chi connectivity index (χ4n) is 3.89. The first-order valence-corrected chi connectivity index (χ1v) is 14.3. The van der Waals surface area contributed by atoms with Crippen molar-refractivity contribution in [1.82, 2.24) is 9.62 Å². The molecule has 0 spiro atoms. The molecule has 1 aliphatic rings. The quantitative estimate of drug-likeness (QED) is 0.491. The van der Waals surface area contributed by atoms with Crippen LogP contribution in [0.15, 0.2) is 47.4 Å². The number of aryl methyl sites for hydroxylation is 2. The molecule has 1 N–H and O–H groups in total. The molecule has 1 fully saturated rings. The second kappa shape index (κ2) is 10.7. The van der Waals surface area contributed by atoms with E-state index in [4.69, 9.17) is 4.74 Å². The SMILES string of the molecule is Cc1cccc(C)c1N(CC(=O)NCCOc1ccc(S(=O)(=O)N2CCCC2)cc1)S(C)(=O)=O. The van der Waals surface area contributed by atoms with Crippen LogP contribution < -0.4 is 14.4 Å². The number of nitrogens with zero attached hydrogens (tertiary/aromatic N) is 2. The van der Waals surface area contributed by atoms with Crippen LogP contribution in [0.25, 0.3) is 0 Å². The van der Waals surface area contributed by atoms with E-state index in [1.165, 1.54) is 16.4 Å². The standard InChI is InChI=1S/C23H31N3O6S2/c1-18-7-6-8-19(2)23(18)26(33(3,28)29)17-22(27)24-13-16-32-20-9-11-21(12-10-20)34(30,31)25-14-4-5-15-25/h6-12H,4-5,13-17H2,1-3H3,(H,24,27). The molecule has 1 aliphatic heterocycles. The van der Waals surface area contributed by atoms with Crippen LogP contribution in [-0.4, -0.2) is 66.1 Å². The molecular formula is C23H31N3O6S2. The Morgan fingerprint density at radius 2 is 1.59 bits per heavy atom. The minimum Gasteiger partial charge on any atom is -0.492 e. The van der Waals surface area contributed by atoms with Gasteiger partial charge in [0.2, 0.25) is 26.0 Å². The molecule has 9 nitrogen and oxygen atoms in total. The van der Waals surface area contributed by atoms with E-state index >= 15 is 0 Å². The van der Waals surface area contributed by atoms with Gasteiger partial charge < -0.3 is 10.1 Å². The number of carbonyl (C=O) groups excluding carboxylic acids is 1. The smallest absolute Gasteiger partial charge is 0.243 e. The third kappa shape index (κ3) is 6.28. The first-order chi connectivity index (χ1) is 16.0. The van der Waals surface area contributed by atoms with Gasteiger partial charge >= 0.3 is 0 Å². The van der Waals surface area contributed by atoms with Crippen molar-refractivity contribution in [3.05, 3.63) is 53.6 Å². The monoisotopic (exact) mass is 509 g/mol. The van der Waals surface area contributed by atoms with E-state index in [-0.39, 0.29) is 24.6 Å². The number of amides is 1. The summed E-state index contributed by atoms with van der Waals surface area (Å²) in [6.07, 6.45) is 2.82. The minimum atomic E-state index is -3.67. The maximum atomic E-state index is 12.6. The minimum absolute atomic E-state index is 0.145. The Kier molecular flexibility index (Phi) is 8.21. The lowest BCUT2D eigenvalue weighted by molar-refractivity contribution is -0.119.